The summed E-state index contributed by atoms with van der Waals surface area (Å²) in [5.74, 6) is 1.08. The molecule has 0 amide bonds. The largest absolute Gasteiger partial charge is 0.313 e. The quantitative estimate of drug-likeness (QED) is 0.822. The molecule has 0 radical (unpaired) electrons. The van der Waals surface area contributed by atoms with Crippen molar-refractivity contribution in [1.29, 1.82) is 0 Å². The van der Waals surface area contributed by atoms with Crippen LogP contribution in [0.1, 0.15) is 24.2 Å². The third-order valence-electron chi connectivity index (χ3n) is 3.34. The Bertz CT molecular complexity index is 522. The van der Waals surface area contributed by atoms with Crippen LogP contribution in [-0.2, 0) is 13.5 Å². The van der Waals surface area contributed by atoms with E-state index >= 15 is 0 Å². The Morgan fingerprint density at radius 2 is 2.21 bits per heavy atom. The van der Waals surface area contributed by atoms with Crippen molar-refractivity contribution in [3.63, 3.8) is 0 Å². The Hall–Kier alpha value is -1.26. The van der Waals surface area contributed by atoms with Crippen LogP contribution in [0.3, 0.4) is 0 Å². The third kappa shape index (κ3) is 3.85. The smallest absolute Gasteiger partial charge is 0.0492 e. The zero-order valence-electron chi connectivity index (χ0n) is 11.8. The molecule has 19 heavy (non-hydrogen) atoms. The maximum Gasteiger partial charge on any atom is 0.0492 e. The summed E-state index contributed by atoms with van der Waals surface area (Å²) in [6, 6.07) is 11.2. The van der Waals surface area contributed by atoms with Crippen molar-refractivity contribution in [3.8, 4) is 0 Å². The summed E-state index contributed by atoms with van der Waals surface area (Å²) in [5, 5.41) is 7.46. The van der Waals surface area contributed by atoms with Crippen LogP contribution in [0.4, 0.5) is 0 Å². The highest BCUT2D eigenvalue weighted by Crippen LogP contribution is 2.23. The molecular weight excluding hydrogens is 254 g/mol. The van der Waals surface area contributed by atoms with Crippen LogP contribution in [0.2, 0.25) is 0 Å². The zero-order valence-corrected chi connectivity index (χ0v) is 12.6. The number of thioether (sulfide) groups is 1. The Morgan fingerprint density at radius 3 is 2.89 bits per heavy atom. The van der Waals surface area contributed by atoms with Crippen LogP contribution in [0.5, 0.6) is 0 Å². The molecule has 0 aliphatic carbocycles. The first-order valence-corrected chi connectivity index (χ1v) is 7.56. The van der Waals surface area contributed by atoms with E-state index in [4.69, 9.17) is 0 Å². The lowest BCUT2D eigenvalue weighted by Crippen LogP contribution is -2.12. The van der Waals surface area contributed by atoms with E-state index < -0.39 is 0 Å². The van der Waals surface area contributed by atoms with Gasteiger partial charge in [-0.05, 0) is 44.2 Å². The molecule has 1 aromatic heterocycles. The lowest BCUT2D eigenvalue weighted by molar-refractivity contribution is 0.651. The van der Waals surface area contributed by atoms with E-state index in [0.29, 0.717) is 6.04 Å². The molecule has 1 heterocycles. The Kier molecular flexibility index (Phi) is 5.05. The predicted molar refractivity (Wildman–Crippen MR) is 81.6 cm³/mol. The fourth-order valence-corrected chi connectivity index (χ4v) is 2.90. The average molecular weight is 275 g/mol. The van der Waals surface area contributed by atoms with Gasteiger partial charge < -0.3 is 5.32 Å². The minimum atomic E-state index is 0.401. The van der Waals surface area contributed by atoms with Gasteiger partial charge in [0.05, 0.1) is 0 Å². The molecule has 0 saturated carbocycles. The van der Waals surface area contributed by atoms with Gasteiger partial charge in [-0.2, -0.15) is 5.10 Å². The van der Waals surface area contributed by atoms with Gasteiger partial charge in [-0.3, -0.25) is 4.68 Å². The maximum atomic E-state index is 4.19. The molecule has 1 aromatic carbocycles. The molecule has 2 rings (SSSR count). The molecule has 102 valence electrons. The first-order valence-electron chi connectivity index (χ1n) is 6.57. The molecule has 0 aliphatic rings. The second-order valence-electron chi connectivity index (χ2n) is 4.63. The topological polar surface area (TPSA) is 29.9 Å². The highest BCUT2D eigenvalue weighted by atomic mass is 32.2. The molecule has 0 bridgehead atoms. The van der Waals surface area contributed by atoms with Crippen LogP contribution in [0.25, 0.3) is 0 Å². The van der Waals surface area contributed by atoms with Gasteiger partial charge in [0.15, 0.2) is 0 Å². The van der Waals surface area contributed by atoms with Gasteiger partial charge in [0.2, 0.25) is 0 Å². The summed E-state index contributed by atoms with van der Waals surface area (Å²) in [6.07, 6.45) is 2.90. The van der Waals surface area contributed by atoms with Gasteiger partial charge in [-0.25, -0.2) is 0 Å². The second-order valence-corrected chi connectivity index (χ2v) is 5.80. The van der Waals surface area contributed by atoms with Gasteiger partial charge in [0.1, 0.15) is 0 Å². The van der Waals surface area contributed by atoms with E-state index in [1.165, 1.54) is 16.2 Å². The van der Waals surface area contributed by atoms with E-state index in [-0.39, 0.29) is 0 Å². The van der Waals surface area contributed by atoms with E-state index in [1.54, 1.807) is 0 Å². The number of aromatic nitrogens is 2. The molecule has 3 nitrogen and oxygen atoms in total. The van der Waals surface area contributed by atoms with Crippen molar-refractivity contribution in [2.75, 3.05) is 12.8 Å². The van der Waals surface area contributed by atoms with Crippen molar-refractivity contribution in [2.45, 2.75) is 24.3 Å². The van der Waals surface area contributed by atoms with Gasteiger partial charge in [-0.15, -0.1) is 11.8 Å². The number of hydrogen-bond acceptors (Lipinski definition) is 3. The fraction of sp³-hybridized carbons (Fsp3) is 0.400. The molecular formula is C15H21N3S. The van der Waals surface area contributed by atoms with Gasteiger partial charge in [-0.1, -0.05) is 12.1 Å². The lowest BCUT2D eigenvalue weighted by atomic mass is 10.1. The van der Waals surface area contributed by atoms with Crippen molar-refractivity contribution in [3.05, 3.63) is 47.8 Å². The standard InChI is InChI=1S/C15H21N3S/c1-12(16-2)13-5-4-6-15(11-13)19-10-8-14-7-9-17-18(14)3/h4-7,9,11-12,16H,8,10H2,1-3H3. The molecule has 0 aliphatic heterocycles. The molecule has 1 unspecified atom stereocenters. The Labute approximate surface area is 119 Å². The summed E-state index contributed by atoms with van der Waals surface area (Å²) in [5.41, 5.74) is 2.63. The van der Waals surface area contributed by atoms with Crippen LogP contribution < -0.4 is 5.32 Å². The molecule has 4 heteroatoms. The van der Waals surface area contributed by atoms with Crippen molar-refractivity contribution >= 4 is 11.8 Å². The normalized spacial score (nSPS) is 12.6. The summed E-state index contributed by atoms with van der Waals surface area (Å²) in [6.45, 7) is 2.18. The van der Waals surface area contributed by atoms with E-state index in [9.17, 15) is 0 Å². The second kappa shape index (κ2) is 6.78. The van der Waals surface area contributed by atoms with Crippen molar-refractivity contribution in [1.82, 2.24) is 15.1 Å². The minimum absolute atomic E-state index is 0.401. The SMILES string of the molecule is CNC(C)c1cccc(SCCc2ccnn2C)c1. The number of nitrogens with one attached hydrogen (secondary N) is 1. The van der Waals surface area contributed by atoms with Crippen LogP contribution in [0, 0.1) is 0 Å². The van der Waals surface area contributed by atoms with Crippen LogP contribution >= 0.6 is 11.8 Å². The summed E-state index contributed by atoms with van der Waals surface area (Å²) in [4.78, 5) is 1.33. The maximum absolute atomic E-state index is 4.19. The zero-order chi connectivity index (χ0) is 13.7. The van der Waals surface area contributed by atoms with E-state index in [0.717, 1.165) is 12.2 Å². The minimum Gasteiger partial charge on any atom is -0.313 e. The van der Waals surface area contributed by atoms with E-state index in [2.05, 4.69) is 47.7 Å². The Morgan fingerprint density at radius 1 is 1.37 bits per heavy atom. The predicted octanol–water partition coefficient (Wildman–Crippen LogP) is 3.04. The monoisotopic (exact) mass is 275 g/mol. The molecule has 1 N–H and O–H groups in total. The highest BCUT2D eigenvalue weighted by molar-refractivity contribution is 7.99. The number of aryl methyl sites for hydroxylation is 2. The van der Waals surface area contributed by atoms with E-state index in [1.807, 2.05) is 36.7 Å². The summed E-state index contributed by atoms with van der Waals surface area (Å²) in [7, 11) is 3.99. The Balaban J connectivity index is 1.91. The summed E-state index contributed by atoms with van der Waals surface area (Å²) < 4.78 is 1.94. The molecule has 1 atom stereocenters. The van der Waals surface area contributed by atoms with Gasteiger partial charge >= 0.3 is 0 Å². The van der Waals surface area contributed by atoms with Crippen molar-refractivity contribution < 1.29 is 0 Å². The lowest BCUT2D eigenvalue weighted by Gasteiger charge is -2.11. The molecule has 0 fully saturated rings. The van der Waals surface area contributed by atoms with Crippen molar-refractivity contribution in [2.24, 2.45) is 7.05 Å². The van der Waals surface area contributed by atoms with Gasteiger partial charge in [0.25, 0.3) is 0 Å². The average Bonchev–Trinajstić information content (AvgIpc) is 2.84. The number of rotatable bonds is 6. The highest BCUT2D eigenvalue weighted by Gasteiger charge is 2.04. The van der Waals surface area contributed by atoms with Crippen LogP contribution in [0.15, 0.2) is 41.4 Å². The van der Waals surface area contributed by atoms with Crippen LogP contribution in [-0.4, -0.2) is 22.6 Å². The fourth-order valence-electron chi connectivity index (χ4n) is 1.96. The third-order valence-corrected chi connectivity index (χ3v) is 4.34. The first kappa shape index (κ1) is 14.2. The molecule has 0 spiro atoms. The van der Waals surface area contributed by atoms with Gasteiger partial charge in [0, 0.05) is 35.6 Å². The molecule has 2 aromatic rings. The summed E-state index contributed by atoms with van der Waals surface area (Å²) >= 11 is 1.90. The number of benzene rings is 1. The first-order chi connectivity index (χ1) is 9.20. The molecule has 0 saturated heterocycles. The number of hydrogen-bond donors (Lipinski definition) is 1. The number of nitrogens with zero attached hydrogens (tertiary/aromatic N) is 2.